The number of hydrogen-bond donors (Lipinski definition) is 2. The third-order valence-electron chi connectivity index (χ3n) is 1.86. The van der Waals surface area contributed by atoms with Crippen LogP contribution in [-0.2, 0) is 0 Å². The van der Waals surface area contributed by atoms with Crippen molar-refractivity contribution in [2.75, 3.05) is 5.73 Å². The number of nitrogens with zero attached hydrogens (tertiary/aromatic N) is 4. The molecule has 0 amide bonds. The second kappa shape index (κ2) is 2.56. The number of H-pyrrole nitrogens is 1. The van der Waals surface area contributed by atoms with E-state index < -0.39 is 0 Å². The van der Waals surface area contributed by atoms with Crippen molar-refractivity contribution in [1.82, 2.24) is 19.8 Å². The molecule has 0 spiro atoms. The van der Waals surface area contributed by atoms with Gasteiger partial charge in [-0.25, -0.2) is 0 Å². The fourth-order valence-corrected chi connectivity index (χ4v) is 1.14. The number of anilines is 1. The van der Waals surface area contributed by atoms with Crippen molar-refractivity contribution in [1.29, 1.82) is 5.26 Å². The van der Waals surface area contributed by atoms with Crippen molar-refractivity contribution >= 4 is 11.5 Å². The van der Waals surface area contributed by atoms with Crippen LogP contribution in [0.15, 0.2) is 4.79 Å². The van der Waals surface area contributed by atoms with E-state index in [4.69, 9.17) is 11.0 Å². The Kier molecular flexibility index (Phi) is 1.51. The first-order valence-electron chi connectivity index (χ1n) is 3.78. The molecule has 2 rings (SSSR count). The number of nitrogens with two attached hydrogens (primary N) is 1. The number of rotatable bonds is 0. The number of aromatic nitrogens is 4. The maximum atomic E-state index is 11.5. The number of aryl methyl sites for hydroxylation is 1. The summed E-state index contributed by atoms with van der Waals surface area (Å²) >= 11 is 0. The lowest BCUT2D eigenvalue weighted by Crippen LogP contribution is -2.19. The molecule has 7 nitrogen and oxygen atoms in total. The van der Waals surface area contributed by atoms with Gasteiger partial charge in [-0.05, 0) is 6.92 Å². The quantitative estimate of drug-likeness (QED) is 0.563. The molecule has 0 atom stereocenters. The zero-order valence-corrected chi connectivity index (χ0v) is 7.27. The number of nitriles is 1. The topological polar surface area (TPSA) is 113 Å². The maximum absolute atomic E-state index is 11.5. The van der Waals surface area contributed by atoms with Crippen LogP contribution >= 0.6 is 0 Å². The van der Waals surface area contributed by atoms with Crippen LogP contribution in [0.25, 0.3) is 5.65 Å². The Morgan fingerprint density at radius 1 is 1.57 bits per heavy atom. The van der Waals surface area contributed by atoms with Crippen molar-refractivity contribution in [3.63, 3.8) is 0 Å². The lowest BCUT2D eigenvalue weighted by Gasteiger charge is -1.91. The van der Waals surface area contributed by atoms with E-state index in [1.165, 1.54) is 6.92 Å². The molecule has 0 fully saturated rings. The Bertz CT molecular complexity index is 601. The Morgan fingerprint density at radius 2 is 2.29 bits per heavy atom. The van der Waals surface area contributed by atoms with Crippen molar-refractivity contribution in [2.45, 2.75) is 6.92 Å². The van der Waals surface area contributed by atoms with Gasteiger partial charge in [-0.15, -0.1) is 10.2 Å². The van der Waals surface area contributed by atoms with Crippen LogP contribution in [0.3, 0.4) is 0 Å². The highest BCUT2D eigenvalue weighted by atomic mass is 16.1. The molecule has 70 valence electrons. The highest BCUT2D eigenvalue weighted by molar-refractivity contribution is 5.65. The average Bonchev–Trinajstić information content (AvgIpc) is 2.49. The molecule has 0 bridgehead atoms. The maximum Gasteiger partial charge on any atom is 0.294 e. The fourth-order valence-electron chi connectivity index (χ4n) is 1.14. The number of fused-ring (bicyclic) bond motifs is 1. The van der Waals surface area contributed by atoms with Gasteiger partial charge in [0.2, 0.25) is 0 Å². The lowest BCUT2D eigenvalue weighted by molar-refractivity contribution is 0.828. The molecule has 0 unspecified atom stereocenters. The number of nitrogen functional groups attached to an aromatic ring is 1. The predicted molar refractivity (Wildman–Crippen MR) is 47.5 cm³/mol. The molecule has 0 aromatic carbocycles. The normalized spacial score (nSPS) is 10.3. The minimum absolute atomic E-state index is 0.115. The summed E-state index contributed by atoms with van der Waals surface area (Å²) in [6, 6.07) is 1.85. The van der Waals surface area contributed by atoms with Crippen LogP contribution in [-0.4, -0.2) is 19.8 Å². The molecule has 0 saturated carbocycles. The summed E-state index contributed by atoms with van der Waals surface area (Å²) in [7, 11) is 0. The van der Waals surface area contributed by atoms with Crippen molar-refractivity contribution in [3.8, 4) is 6.07 Å². The van der Waals surface area contributed by atoms with Gasteiger partial charge in [0.25, 0.3) is 5.56 Å². The summed E-state index contributed by atoms with van der Waals surface area (Å²) in [5.41, 5.74) is 5.65. The van der Waals surface area contributed by atoms with Crippen LogP contribution in [0.1, 0.15) is 11.3 Å². The SMILES string of the molecule is Cc1nnc2c(C#N)c(N)[nH]n2c1=O. The molecule has 0 aliphatic rings. The summed E-state index contributed by atoms with van der Waals surface area (Å²) in [6.45, 7) is 1.53. The van der Waals surface area contributed by atoms with Crippen molar-refractivity contribution < 1.29 is 0 Å². The molecule has 7 heteroatoms. The van der Waals surface area contributed by atoms with E-state index in [1.54, 1.807) is 0 Å². The first kappa shape index (κ1) is 8.25. The first-order valence-corrected chi connectivity index (χ1v) is 3.78. The molecule has 3 N–H and O–H groups in total. The zero-order valence-electron chi connectivity index (χ0n) is 7.27. The van der Waals surface area contributed by atoms with Gasteiger partial charge >= 0.3 is 0 Å². The standard InChI is InChI=1S/C7H6N6O/c1-3-7(14)13-6(11-10-3)4(2-8)5(9)12-13/h12H,9H2,1H3. The third-order valence-corrected chi connectivity index (χ3v) is 1.86. The van der Waals surface area contributed by atoms with Gasteiger partial charge in [-0.1, -0.05) is 0 Å². The summed E-state index contributed by atoms with van der Waals surface area (Å²) in [4.78, 5) is 11.5. The van der Waals surface area contributed by atoms with E-state index in [9.17, 15) is 4.79 Å². The molecule has 0 radical (unpaired) electrons. The number of hydrogen-bond acceptors (Lipinski definition) is 5. The molecule has 2 aromatic rings. The van der Waals surface area contributed by atoms with E-state index >= 15 is 0 Å². The number of aromatic amines is 1. The van der Waals surface area contributed by atoms with Crippen LogP contribution < -0.4 is 11.3 Å². The minimum atomic E-state index is -0.358. The van der Waals surface area contributed by atoms with Gasteiger partial charge in [0.15, 0.2) is 5.65 Å². The molecular weight excluding hydrogens is 184 g/mol. The van der Waals surface area contributed by atoms with E-state index in [-0.39, 0.29) is 28.3 Å². The summed E-state index contributed by atoms with van der Waals surface area (Å²) in [5.74, 6) is 0.115. The van der Waals surface area contributed by atoms with E-state index in [2.05, 4.69) is 15.3 Å². The van der Waals surface area contributed by atoms with Crippen LogP contribution in [0.4, 0.5) is 5.82 Å². The fraction of sp³-hybridized carbons (Fsp3) is 0.143. The van der Waals surface area contributed by atoms with E-state index in [1.807, 2.05) is 6.07 Å². The second-order valence-electron chi connectivity index (χ2n) is 2.76. The third kappa shape index (κ3) is 0.877. The highest BCUT2D eigenvalue weighted by Crippen LogP contribution is 2.11. The molecular formula is C7H6N6O. The van der Waals surface area contributed by atoms with Crippen LogP contribution in [0, 0.1) is 18.3 Å². The molecule has 14 heavy (non-hydrogen) atoms. The molecule has 2 aromatic heterocycles. The summed E-state index contributed by atoms with van der Waals surface area (Å²) in [5, 5.41) is 18.6. The van der Waals surface area contributed by atoms with Crippen LogP contribution in [0.2, 0.25) is 0 Å². The van der Waals surface area contributed by atoms with Gasteiger partial charge in [-0.3, -0.25) is 9.89 Å². The van der Waals surface area contributed by atoms with Crippen molar-refractivity contribution in [3.05, 3.63) is 21.6 Å². The van der Waals surface area contributed by atoms with Crippen molar-refractivity contribution in [2.24, 2.45) is 0 Å². The Hall–Kier alpha value is -2.36. The van der Waals surface area contributed by atoms with Gasteiger partial charge < -0.3 is 5.73 Å². The summed E-state index contributed by atoms with van der Waals surface area (Å²) < 4.78 is 1.11. The average molecular weight is 190 g/mol. The largest absolute Gasteiger partial charge is 0.383 e. The van der Waals surface area contributed by atoms with E-state index in [0.717, 1.165) is 4.52 Å². The van der Waals surface area contributed by atoms with Gasteiger partial charge in [-0.2, -0.15) is 9.78 Å². The minimum Gasteiger partial charge on any atom is -0.383 e. The van der Waals surface area contributed by atoms with Gasteiger partial charge in [0.05, 0.1) is 0 Å². The first-order chi connectivity index (χ1) is 6.65. The Morgan fingerprint density at radius 3 is 2.93 bits per heavy atom. The molecule has 0 saturated heterocycles. The van der Waals surface area contributed by atoms with Gasteiger partial charge in [0.1, 0.15) is 23.1 Å². The predicted octanol–water partition coefficient (Wildman–Crippen LogP) is -0.820. The smallest absolute Gasteiger partial charge is 0.294 e. The summed E-state index contributed by atoms with van der Waals surface area (Å²) in [6.07, 6.45) is 0. The molecule has 0 aliphatic heterocycles. The van der Waals surface area contributed by atoms with E-state index in [0.29, 0.717) is 0 Å². The Labute approximate surface area is 77.8 Å². The number of nitrogens with one attached hydrogen (secondary N) is 1. The van der Waals surface area contributed by atoms with Gasteiger partial charge in [0, 0.05) is 0 Å². The van der Waals surface area contributed by atoms with Crippen LogP contribution in [0.5, 0.6) is 0 Å². The second-order valence-corrected chi connectivity index (χ2v) is 2.76. The zero-order chi connectivity index (χ0) is 10.3. The Balaban J connectivity index is 3.04. The monoisotopic (exact) mass is 190 g/mol. The molecule has 2 heterocycles. The highest BCUT2D eigenvalue weighted by Gasteiger charge is 2.12. The lowest BCUT2D eigenvalue weighted by atomic mass is 10.3. The molecule has 0 aliphatic carbocycles.